The number of carbonyl (C=O) groups excluding carboxylic acids is 1. The molecule has 3 aromatic heterocycles. The number of H-pyrrole nitrogens is 1. The maximum absolute atomic E-state index is 12.7. The van der Waals surface area contributed by atoms with E-state index in [0.717, 1.165) is 43.1 Å². The smallest absolute Gasteiger partial charge is 0.274 e. The molecule has 0 radical (unpaired) electrons. The molecule has 130 valence electrons. The highest BCUT2D eigenvalue weighted by Gasteiger charge is 2.29. The van der Waals surface area contributed by atoms with Crippen molar-refractivity contribution in [1.82, 2.24) is 29.6 Å². The molecule has 0 bridgehead atoms. The van der Waals surface area contributed by atoms with Gasteiger partial charge in [0, 0.05) is 42.5 Å². The van der Waals surface area contributed by atoms with E-state index >= 15 is 0 Å². The van der Waals surface area contributed by atoms with Gasteiger partial charge in [-0.3, -0.25) is 9.89 Å². The Morgan fingerprint density at radius 1 is 1.44 bits per heavy atom. The second-order valence-corrected chi connectivity index (χ2v) is 7.14. The largest absolute Gasteiger partial charge is 0.337 e. The maximum atomic E-state index is 12.7. The molecule has 1 saturated heterocycles. The van der Waals surface area contributed by atoms with Crippen molar-refractivity contribution in [3.8, 4) is 0 Å². The van der Waals surface area contributed by atoms with Gasteiger partial charge in [-0.1, -0.05) is 0 Å². The SMILES string of the molecule is Cc1cc(C(=O)N2CCC[C@@H](c3nccn3Cc3cscn3)C2)n[nH]1. The molecule has 8 heteroatoms. The summed E-state index contributed by atoms with van der Waals surface area (Å²) >= 11 is 1.60. The fourth-order valence-electron chi connectivity index (χ4n) is 3.37. The molecule has 7 nitrogen and oxygen atoms in total. The summed E-state index contributed by atoms with van der Waals surface area (Å²) in [6.45, 7) is 4.08. The fraction of sp³-hybridized carbons (Fsp3) is 0.412. The Kier molecular flexibility index (Phi) is 4.35. The minimum Gasteiger partial charge on any atom is -0.337 e. The molecule has 1 aliphatic heterocycles. The molecule has 0 aliphatic carbocycles. The third-order valence-electron chi connectivity index (χ3n) is 4.56. The summed E-state index contributed by atoms with van der Waals surface area (Å²) in [5, 5.41) is 9.00. The minimum atomic E-state index is -0.00772. The predicted octanol–water partition coefficient (Wildman–Crippen LogP) is 2.44. The Balaban J connectivity index is 1.50. The molecule has 0 spiro atoms. The second-order valence-electron chi connectivity index (χ2n) is 6.42. The summed E-state index contributed by atoms with van der Waals surface area (Å²) in [5.41, 5.74) is 4.28. The monoisotopic (exact) mass is 356 g/mol. The summed E-state index contributed by atoms with van der Waals surface area (Å²) in [5.74, 6) is 1.27. The molecule has 0 unspecified atom stereocenters. The molecule has 25 heavy (non-hydrogen) atoms. The summed E-state index contributed by atoms with van der Waals surface area (Å²) in [6.07, 6.45) is 5.84. The Bertz CT molecular complexity index is 852. The van der Waals surface area contributed by atoms with Crippen molar-refractivity contribution in [2.24, 2.45) is 0 Å². The van der Waals surface area contributed by atoms with E-state index in [2.05, 4.69) is 30.1 Å². The molecule has 0 aromatic carbocycles. The Labute approximate surface area is 149 Å². The van der Waals surface area contributed by atoms with Crippen LogP contribution < -0.4 is 0 Å². The normalized spacial score (nSPS) is 17.8. The Morgan fingerprint density at radius 2 is 2.36 bits per heavy atom. The molecular formula is C17H20N6OS. The van der Waals surface area contributed by atoms with Gasteiger partial charge in [0.05, 0.1) is 17.7 Å². The fourth-order valence-corrected chi connectivity index (χ4v) is 3.92. The van der Waals surface area contributed by atoms with E-state index in [-0.39, 0.29) is 11.8 Å². The number of carbonyl (C=O) groups is 1. The van der Waals surface area contributed by atoms with Crippen molar-refractivity contribution >= 4 is 17.2 Å². The van der Waals surface area contributed by atoms with Crippen molar-refractivity contribution in [2.75, 3.05) is 13.1 Å². The number of amides is 1. The summed E-state index contributed by atoms with van der Waals surface area (Å²) < 4.78 is 2.15. The lowest BCUT2D eigenvalue weighted by Gasteiger charge is -2.32. The van der Waals surface area contributed by atoms with Crippen molar-refractivity contribution in [3.05, 3.63) is 52.3 Å². The van der Waals surface area contributed by atoms with Crippen LogP contribution in [0.15, 0.2) is 29.4 Å². The van der Waals surface area contributed by atoms with Crippen molar-refractivity contribution in [1.29, 1.82) is 0 Å². The van der Waals surface area contributed by atoms with Crippen LogP contribution in [0.5, 0.6) is 0 Å². The third-order valence-corrected chi connectivity index (χ3v) is 5.20. The van der Waals surface area contributed by atoms with E-state index in [0.29, 0.717) is 12.2 Å². The average molecular weight is 356 g/mol. The molecule has 1 aliphatic rings. The van der Waals surface area contributed by atoms with Gasteiger partial charge in [0.15, 0.2) is 0 Å². The lowest BCUT2D eigenvalue weighted by Crippen LogP contribution is -2.40. The first-order valence-electron chi connectivity index (χ1n) is 8.40. The number of aromatic amines is 1. The number of aromatic nitrogens is 5. The number of likely N-dealkylation sites (tertiary alicyclic amines) is 1. The van der Waals surface area contributed by atoms with Gasteiger partial charge in [-0.05, 0) is 25.8 Å². The van der Waals surface area contributed by atoms with E-state index < -0.39 is 0 Å². The maximum Gasteiger partial charge on any atom is 0.274 e. The van der Waals surface area contributed by atoms with Crippen LogP contribution in [0.25, 0.3) is 0 Å². The van der Waals surface area contributed by atoms with Crippen LogP contribution in [-0.2, 0) is 6.54 Å². The highest BCUT2D eigenvalue weighted by Crippen LogP contribution is 2.27. The van der Waals surface area contributed by atoms with E-state index in [1.165, 1.54) is 0 Å². The molecule has 1 fully saturated rings. The number of nitrogens with zero attached hydrogens (tertiary/aromatic N) is 5. The van der Waals surface area contributed by atoms with Gasteiger partial charge < -0.3 is 9.47 Å². The number of rotatable bonds is 4. The van der Waals surface area contributed by atoms with Crippen LogP contribution in [0.4, 0.5) is 0 Å². The number of thiazole rings is 1. The molecule has 3 aromatic rings. The van der Waals surface area contributed by atoms with Crippen LogP contribution in [0, 0.1) is 6.92 Å². The zero-order valence-electron chi connectivity index (χ0n) is 14.1. The van der Waals surface area contributed by atoms with Crippen LogP contribution >= 0.6 is 11.3 Å². The van der Waals surface area contributed by atoms with E-state index in [1.807, 2.05) is 29.7 Å². The Morgan fingerprint density at radius 3 is 3.12 bits per heavy atom. The topological polar surface area (TPSA) is 79.7 Å². The van der Waals surface area contributed by atoms with Crippen LogP contribution in [0.2, 0.25) is 0 Å². The molecule has 1 atom stereocenters. The van der Waals surface area contributed by atoms with Crippen molar-refractivity contribution in [3.63, 3.8) is 0 Å². The van der Waals surface area contributed by atoms with Crippen LogP contribution in [0.1, 0.15) is 46.5 Å². The first kappa shape index (κ1) is 16.0. The first-order chi connectivity index (χ1) is 12.2. The third kappa shape index (κ3) is 3.34. The number of hydrogen-bond acceptors (Lipinski definition) is 5. The standard InChI is InChI=1S/C17H20N6OS/c1-12-7-15(21-20-12)17(24)23-5-2-3-13(8-23)16-18-4-6-22(16)9-14-10-25-11-19-14/h4,6-7,10-11,13H,2-3,5,8-9H2,1H3,(H,20,21)/t13-/m1/s1. The highest BCUT2D eigenvalue weighted by molar-refractivity contribution is 7.07. The molecule has 0 saturated carbocycles. The van der Waals surface area contributed by atoms with Gasteiger partial charge in [-0.15, -0.1) is 11.3 Å². The van der Waals surface area contributed by atoms with Crippen molar-refractivity contribution < 1.29 is 4.79 Å². The number of piperidine rings is 1. The lowest BCUT2D eigenvalue weighted by molar-refractivity contribution is 0.0697. The summed E-state index contributed by atoms with van der Waals surface area (Å²) in [6, 6.07) is 1.80. The van der Waals surface area contributed by atoms with Gasteiger partial charge in [0.2, 0.25) is 0 Å². The number of aryl methyl sites for hydroxylation is 1. The number of imidazole rings is 1. The summed E-state index contributed by atoms with van der Waals surface area (Å²) in [7, 11) is 0. The quantitative estimate of drug-likeness (QED) is 0.779. The summed E-state index contributed by atoms with van der Waals surface area (Å²) in [4.78, 5) is 23.5. The molecule has 1 N–H and O–H groups in total. The molecular weight excluding hydrogens is 336 g/mol. The van der Waals surface area contributed by atoms with Gasteiger partial charge in [0.1, 0.15) is 11.5 Å². The van der Waals surface area contributed by atoms with Gasteiger partial charge in [-0.25, -0.2) is 9.97 Å². The lowest BCUT2D eigenvalue weighted by atomic mass is 9.96. The zero-order valence-corrected chi connectivity index (χ0v) is 14.9. The number of nitrogens with one attached hydrogen (secondary N) is 1. The highest BCUT2D eigenvalue weighted by atomic mass is 32.1. The van der Waals surface area contributed by atoms with Crippen LogP contribution in [-0.4, -0.2) is 48.6 Å². The van der Waals surface area contributed by atoms with E-state index in [9.17, 15) is 4.79 Å². The molecule has 4 rings (SSSR count). The Hall–Kier alpha value is -2.48. The average Bonchev–Trinajstić information content (AvgIpc) is 3.37. The van der Waals surface area contributed by atoms with Crippen molar-refractivity contribution in [2.45, 2.75) is 32.2 Å². The van der Waals surface area contributed by atoms with E-state index in [4.69, 9.17) is 0 Å². The predicted molar refractivity (Wildman–Crippen MR) is 94.6 cm³/mol. The minimum absolute atomic E-state index is 0.00772. The molecule has 1 amide bonds. The number of hydrogen-bond donors (Lipinski definition) is 1. The van der Waals surface area contributed by atoms with Gasteiger partial charge in [-0.2, -0.15) is 5.10 Å². The molecule has 4 heterocycles. The van der Waals surface area contributed by atoms with E-state index in [1.54, 1.807) is 17.4 Å². The van der Waals surface area contributed by atoms with Gasteiger partial charge >= 0.3 is 0 Å². The second kappa shape index (κ2) is 6.79. The first-order valence-corrected chi connectivity index (χ1v) is 9.34. The zero-order chi connectivity index (χ0) is 17.2. The van der Waals surface area contributed by atoms with Gasteiger partial charge in [0.25, 0.3) is 5.91 Å². The van der Waals surface area contributed by atoms with Crippen LogP contribution in [0.3, 0.4) is 0 Å².